The number of benzene rings is 1. The van der Waals surface area contributed by atoms with Crippen LogP contribution in [0.15, 0.2) is 42.9 Å². The van der Waals surface area contributed by atoms with Crippen LogP contribution in [0.2, 0.25) is 0 Å². The van der Waals surface area contributed by atoms with Crippen molar-refractivity contribution in [2.75, 3.05) is 31.6 Å². The molecule has 4 rings (SSSR count). The van der Waals surface area contributed by atoms with Crippen LogP contribution in [0.25, 0.3) is 0 Å². The van der Waals surface area contributed by atoms with Gasteiger partial charge < -0.3 is 14.5 Å². The lowest BCUT2D eigenvalue weighted by Gasteiger charge is -2.39. The van der Waals surface area contributed by atoms with Crippen LogP contribution in [0.3, 0.4) is 0 Å². The SMILES string of the molecule is CN(c1ccncn1)C1CCN(C(=O)C2OCCc3ccccc32)CC1. The quantitative estimate of drug-likeness (QED) is 0.848. The fourth-order valence-corrected chi connectivity index (χ4v) is 3.92. The maximum Gasteiger partial charge on any atom is 0.256 e. The number of ether oxygens (including phenoxy) is 1. The molecule has 1 unspecified atom stereocenters. The lowest BCUT2D eigenvalue weighted by atomic mass is 9.95. The van der Waals surface area contributed by atoms with E-state index in [0.29, 0.717) is 12.6 Å². The Labute approximate surface area is 153 Å². The summed E-state index contributed by atoms with van der Waals surface area (Å²) in [6.45, 7) is 2.11. The zero-order valence-corrected chi connectivity index (χ0v) is 15.0. The molecule has 6 nitrogen and oxygen atoms in total. The van der Waals surface area contributed by atoms with Crippen LogP contribution in [0.5, 0.6) is 0 Å². The molecule has 6 heteroatoms. The smallest absolute Gasteiger partial charge is 0.256 e. The minimum atomic E-state index is -0.448. The van der Waals surface area contributed by atoms with Crippen LogP contribution in [-0.4, -0.2) is 53.6 Å². The number of hydrogen-bond donors (Lipinski definition) is 0. The summed E-state index contributed by atoms with van der Waals surface area (Å²) in [4.78, 5) is 25.5. The lowest BCUT2D eigenvalue weighted by Crippen LogP contribution is -2.47. The van der Waals surface area contributed by atoms with Crippen molar-refractivity contribution in [2.24, 2.45) is 0 Å². The number of amides is 1. The number of likely N-dealkylation sites (tertiary alicyclic amines) is 1. The van der Waals surface area contributed by atoms with Gasteiger partial charge in [0.05, 0.1) is 6.61 Å². The number of carbonyl (C=O) groups is 1. The molecule has 3 heterocycles. The van der Waals surface area contributed by atoms with Crippen LogP contribution >= 0.6 is 0 Å². The molecular formula is C20H24N4O2. The van der Waals surface area contributed by atoms with Crippen LogP contribution in [0, 0.1) is 0 Å². The first-order chi connectivity index (χ1) is 12.7. The van der Waals surface area contributed by atoms with Crippen molar-refractivity contribution >= 4 is 11.7 Å². The van der Waals surface area contributed by atoms with Crippen molar-refractivity contribution in [2.45, 2.75) is 31.4 Å². The Morgan fingerprint density at radius 3 is 2.81 bits per heavy atom. The predicted octanol–water partition coefficient (Wildman–Crippen LogP) is 2.22. The van der Waals surface area contributed by atoms with E-state index in [1.807, 2.05) is 29.2 Å². The van der Waals surface area contributed by atoms with E-state index in [2.05, 4.69) is 28.0 Å². The Hall–Kier alpha value is -2.47. The third-order valence-electron chi connectivity index (χ3n) is 5.47. The van der Waals surface area contributed by atoms with Gasteiger partial charge in [-0.25, -0.2) is 9.97 Å². The largest absolute Gasteiger partial charge is 0.363 e. The van der Waals surface area contributed by atoms with E-state index < -0.39 is 6.10 Å². The summed E-state index contributed by atoms with van der Waals surface area (Å²) in [6, 6.07) is 10.4. The fraction of sp³-hybridized carbons (Fsp3) is 0.450. The van der Waals surface area contributed by atoms with E-state index in [1.165, 1.54) is 5.56 Å². The molecule has 2 aliphatic rings. The van der Waals surface area contributed by atoms with E-state index in [9.17, 15) is 4.79 Å². The van der Waals surface area contributed by atoms with Crippen LogP contribution in [0.1, 0.15) is 30.1 Å². The highest BCUT2D eigenvalue weighted by molar-refractivity contribution is 5.83. The molecule has 1 fully saturated rings. The molecule has 2 aliphatic heterocycles. The van der Waals surface area contributed by atoms with Crippen molar-refractivity contribution in [3.63, 3.8) is 0 Å². The van der Waals surface area contributed by atoms with Crippen LogP contribution < -0.4 is 4.90 Å². The summed E-state index contributed by atoms with van der Waals surface area (Å²) in [6.07, 6.45) is 5.63. The number of rotatable bonds is 3. The van der Waals surface area contributed by atoms with Gasteiger partial charge in [-0.1, -0.05) is 24.3 Å². The van der Waals surface area contributed by atoms with Gasteiger partial charge in [0.2, 0.25) is 0 Å². The van der Waals surface area contributed by atoms with Crippen molar-refractivity contribution in [1.29, 1.82) is 0 Å². The Kier molecular flexibility index (Phi) is 4.84. The van der Waals surface area contributed by atoms with E-state index in [0.717, 1.165) is 43.7 Å². The van der Waals surface area contributed by atoms with Crippen LogP contribution in [0.4, 0.5) is 5.82 Å². The first kappa shape index (κ1) is 17.0. The Morgan fingerprint density at radius 2 is 2.04 bits per heavy atom. The number of hydrogen-bond acceptors (Lipinski definition) is 5. The van der Waals surface area contributed by atoms with Gasteiger partial charge in [0.15, 0.2) is 6.10 Å². The van der Waals surface area contributed by atoms with Gasteiger partial charge >= 0.3 is 0 Å². The highest BCUT2D eigenvalue weighted by atomic mass is 16.5. The van der Waals surface area contributed by atoms with Crippen molar-refractivity contribution in [3.05, 3.63) is 54.0 Å². The second-order valence-corrected chi connectivity index (χ2v) is 6.93. The molecule has 1 atom stereocenters. The third kappa shape index (κ3) is 3.29. The van der Waals surface area contributed by atoms with Crippen molar-refractivity contribution in [1.82, 2.24) is 14.9 Å². The topological polar surface area (TPSA) is 58.6 Å². The molecule has 0 radical (unpaired) electrons. The normalized spacial score (nSPS) is 20.5. The number of carbonyl (C=O) groups excluding carboxylic acids is 1. The highest BCUT2D eigenvalue weighted by Gasteiger charge is 2.33. The molecule has 0 aliphatic carbocycles. The Bertz CT molecular complexity index is 759. The number of fused-ring (bicyclic) bond motifs is 1. The number of nitrogens with zero attached hydrogens (tertiary/aromatic N) is 4. The summed E-state index contributed by atoms with van der Waals surface area (Å²) in [5, 5.41) is 0. The number of aromatic nitrogens is 2. The van der Waals surface area contributed by atoms with Gasteiger partial charge in [-0.2, -0.15) is 0 Å². The molecular weight excluding hydrogens is 328 g/mol. The summed E-state index contributed by atoms with van der Waals surface area (Å²) in [7, 11) is 2.06. The van der Waals surface area contributed by atoms with Crippen LogP contribution in [-0.2, 0) is 16.0 Å². The molecule has 1 aromatic carbocycles. The minimum Gasteiger partial charge on any atom is -0.363 e. The highest BCUT2D eigenvalue weighted by Crippen LogP contribution is 2.30. The van der Waals surface area contributed by atoms with Gasteiger partial charge in [0.25, 0.3) is 5.91 Å². The minimum absolute atomic E-state index is 0.0975. The average molecular weight is 352 g/mol. The van der Waals surface area contributed by atoms with Crippen molar-refractivity contribution in [3.8, 4) is 0 Å². The van der Waals surface area contributed by atoms with Crippen molar-refractivity contribution < 1.29 is 9.53 Å². The molecule has 0 N–H and O–H groups in total. The third-order valence-corrected chi connectivity index (χ3v) is 5.47. The standard InChI is InChI=1S/C20H24N4O2/c1-23(18-6-10-21-14-22-18)16-7-11-24(12-8-16)20(25)19-17-5-3-2-4-15(17)9-13-26-19/h2-6,10,14,16,19H,7-9,11-13H2,1H3. The average Bonchev–Trinajstić information content (AvgIpc) is 2.73. The molecule has 2 aromatic rings. The maximum absolute atomic E-state index is 13.0. The van der Waals surface area contributed by atoms with Gasteiger partial charge in [0, 0.05) is 32.4 Å². The lowest BCUT2D eigenvalue weighted by molar-refractivity contribution is -0.146. The second-order valence-electron chi connectivity index (χ2n) is 6.93. The molecule has 136 valence electrons. The van der Waals surface area contributed by atoms with Gasteiger partial charge in [0.1, 0.15) is 12.1 Å². The molecule has 1 saturated heterocycles. The van der Waals surface area contributed by atoms with E-state index in [4.69, 9.17) is 4.74 Å². The number of piperidine rings is 1. The Morgan fingerprint density at radius 1 is 1.23 bits per heavy atom. The molecule has 0 bridgehead atoms. The monoisotopic (exact) mass is 352 g/mol. The first-order valence-electron chi connectivity index (χ1n) is 9.21. The van der Waals surface area contributed by atoms with E-state index in [-0.39, 0.29) is 5.91 Å². The predicted molar refractivity (Wildman–Crippen MR) is 98.9 cm³/mol. The molecule has 0 spiro atoms. The maximum atomic E-state index is 13.0. The Balaban J connectivity index is 1.40. The fourth-order valence-electron chi connectivity index (χ4n) is 3.92. The molecule has 1 amide bonds. The van der Waals surface area contributed by atoms with E-state index in [1.54, 1.807) is 12.5 Å². The summed E-state index contributed by atoms with van der Waals surface area (Å²) in [5.74, 6) is 1.02. The zero-order valence-electron chi connectivity index (χ0n) is 15.0. The first-order valence-corrected chi connectivity index (χ1v) is 9.21. The second kappa shape index (κ2) is 7.41. The summed E-state index contributed by atoms with van der Waals surface area (Å²) >= 11 is 0. The van der Waals surface area contributed by atoms with Gasteiger partial charge in [-0.05, 0) is 36.5 Å². The van der Waals surface area contributed by atoms with Gasteiger partial charge in [-0.3, -0.25) is 4.79 Å². The molecule has 0 saturated carbocycles. The summed E-state index contributed by atoms with van der Waals surface area (Å²) in [5.41, 5.74) is 2.26. The zero-order chi connectivity index (χ0) is 17.9. The molecule has 26 heavy (non-hydrogen) atoms. The van der Waals surface area contributed by atoms with Gasteiger partial charge in [-0.15, -0.1) is 0 Å². The molecule has 1 aromatic heterocycles. The number of anilines is 1. The summed E-state index contributed by atoms with van der Waals surface area (Å²) < 4.78 is 5.84. The van der Waals surface area contributed by atoms with E-state index >= 15 is 0 Å².